The van der Waals surface area contributed by atoms with Crippen molar-refractivity contribution in [1.29, 1.82) is 10.5 Å². The van der Waals surface area contributed by atoms with Crippen molar-refractivity contribution in [2.24, 2.45) is 0 Å². The molecular weight excluding hydrogens is 1680 g/mol. The van der Waals surface area contributed by atoms with Gasteiger partial charge in [-0.3, -0.25) is 0 Å². The molecule has 5 heterocycles. The van der Waals surface area contributed by atoms with Gasteiger partial charge in [-0.1, -0.05) is 339 Å². The van der Waals surface area contributed by atoms with Gasteiger partial charge in [0.15, 0.2) is 0 Å². The molecule has 4 aliphatic rings. The number of nitrogens with zero attached hydrogens (tertiary/aromatic N) is 7. The van der Waals surface area contributed by atoms with E-state index in [4.69, 9.17) is 0 Å². The lowest BCUT2D eigenvalue weighted by atomic mass is 9.33. The maximum atomic E-state index is 11.0. The zero-order valence-electron chi connectivity index (χ0n) is 90.8. The Kier molecular flexibility index (Phi) is 15.7. The van der Waals surface area contributed by atoms with Crippen LogP contribution >= 0.6 is 0 Å². The van der Waals surface area contributed by atoms with E-state index in [9.17, 15) is 29.7 Å². The van der Waals surface area contributed by atoms with Crippen molar-refractivity contribution in [3.8, 4) is 113 Å². The smallest absolute Gasteiger partial charge is 0.252 e. The summed E-state index contributed by atoms with van der Waals surface area (Å²) in [4.78, 5) is 7.15. The monoisotopic (exact) mass is 1790 g/mol. The lowest BCUT2D eigenvalue weighted by molar-refractivity contribution is 0.590. The summed E-state index contributed by atoms with van der Waals surface area (Å²) in [5.74, 6) is 0. The fourth-order valence-corrected chi connectivity index (χ4v) is 22.4. The van der Waals surface area contributed by atoms with Gasteiger partial charge in [0, 0.05) is 83.6 Å². The largest absolute Gasteiger partial charge is 0.310 e. The second kappa shape index (κ2) is 31.8. The van der Waals surface area contributed by atoms with Crippen LogP contribution in [0, 0.1) is 22.7 Å². The fourth-order valence-electron chi connectivity index (χ4n) is 22.4. The molecule has 0 bridgehead atoms. The Hall–Kier alpha value is -17.6. The molecule has 0 saturated heterocycles. The van der Waals surface area contributed by atoms with E-state index in [1.165, 1.54) is 0 Å². The first-order valence-corrected chi connectivity index (χ1v) is 47.0. The van der Waals surface area contributed by atoms with Crippen LogP contribution in [0.25, 0.3) is 144 Å². The molecule has 0 N–H and O–H groups in total. The quantitative estimate of drug-likeness (QED) is 0.114. The summed E-state index contributed by atoms with van der Waals surface area (Å²) in [5, 5.41) is 21.6. The van der Waals surface area contributed by atoms with Crippen molar-refractivity contribution in [3.63, 3.8) is 0 Å². The third kappa shape index (κ3) is 12.9. The molecule has 0 saturated carbocycles. The van der Waals surface area contributed by atoms with Gasteiger partial charge < -0.3 is 23.8 Å². The zero-order chi connectivity index (χ0) is 105. The number of fused-ring (bicyclic) bond motifs is 19. The molecular formula is C131H92BN7. The number of nitriles is 2. The molecule has 7 nitrogen and oxygen atoms in total. The fraction of sp³-hybridized carbons (Fsp3) is 0.0687. The Balaban J connectivity index is 0.900. The van der Waals surface area contributed by atoms with Crippen LogP contribution in [0.3, 0.4) is 0 Å². The first kappa shape index (κ1) is 68.4. The number of hydrogen-bond donors (Lipinski definition) is 0. The van der Waals surface area contributed by atoms with Crippen LogP contribution in [-0.4, -0.2) is 15.8 Å². The second-order valence-electron chi connectivity index (χ2n) is 38.5. The van der Waals surface area contributed by atoms with Gasteiger partial charge in [0.05, 0.1) is 92.7 Å². The van der Waals surface area contributed by atoms with E-state index in [0.29, 0.717) is 50.6 Å². The summed E-state index contributed by atoms with van der Waals surface area (Å²) >= 11 is 0. The highest BCUT2D eigenvalue weighted by Crippen LogP contribution is 2.65. The molecule has 8 heteroatoms. The minimum absolute atomic E-state index is 0.100. The molecule has 1 aliphatic carbocycles. The number of aromatic nitrogens is 2. The number of benzene rings is 20. The number of rotatable bonds is 12. The molecule has 26 rings (SSSR count). The SMILES string of the molecule is [2H]c1c([2H])c([2H])c2c(c1[2H])c1c([2H])c(C#N)c([2H])c([2H])c1n2-c1ccc2c(c1)N(c1c(-c3ccccc3)cc(C(C)(C)C)cc1-c1cccc(-c3ccccc3)c1)c1cc(-c3ccc4c(c3)C3(c5ccccc5-c5ccccc53)c3ccccc3N4c3ccccc3)cc3c1B2c1ccc(-n2c4c([2H])c([2H])c([2H])c([2H])c4c4c([2H])c(C#N)c([2H])c([2H])c42)cc1N3c1c(-c2ccccc2)cc(C(C)(C)C)cc1-c1cccc(-c2ccccc2)c1. The third-order valence-corrected chi connectivity index (χ3v) is 28.7. The van der Waals surface area contributed by atoms with Crippen LogP contribution in [0.5, 0.6) is 0 Å². The molecule has 0 radical (unpaired) electrons. The topological polar surface area (TPSA) is 67.2 Å². The standard InChI is InChI=1S/C131H92BN7/c1-129(2,3)95-75-104(87-38-16-9-17-39-87)127(106(77-95)92-44-32-42-89(70-92)85-34-12-7-13-35-85)138-122-79-98(136-116-55-29-24-50-102(116)108-68-83(81-133)58-65-118(108)136)61-63-114(122)132-115-64-62-99(137-117-56-30-25-51-103(117)109-69-84(82-134)59-66-119(109)137)80-123(115)139(128-105(88-40-18-10-19-41-88)76-96(130(4,5)6)78-107(128)93-45-33-43-90(71-93)86-36-14-8-15-37-86)125-74-94(73-124(138)126(125)132)91-60-67-121-113(72-91)131(110-52-26-22-48-100(110)101-49-23-27-53-111(101)131)112-54-28-31-57-120(112)135(121)97-46-20-11-21-47-97/h7-80H,1-6H3/i24D,25D,29D,30D,50D,51D,55D,56D,58D,59D,65D,66D,68D,69D. The zero-order valence-corrected chi connectivity index (χ0v) is 76.8. The van der Waals surface area contributed by atoms with Crippen molar-refractivity contribution >= 4 is 118 Å². The maximum absolute atomic E-state index is 11.0. The first-order valence-electron chi connectivity index (χ1n) is 54.0. The number of para-hydroxylation sites is 4. The molecule has 3 aliphatic heterocycles. The molecule has 22 aromatic rings. The molecule has 2 aromatic heterocycles. The van der Waals surface area contributed by atoms with Crippen LogP contribution < -0.4 is 31.1 Å². The number of anilines is 9. The Labute approximate surface area is 830 Å². The van der Waals surface area contributed by atoms with Crippen molar-refractivity contribution in [2.75, 3.05) is 14.7 Å². The summed E-state index contributed by atoms with van der Waals surface area (Å²) in [7, 11) is 0. The van der Waals surface area contributed by atoms with Crippen molar-refractivity contribution in [3.05, 3.63) is 493 Å². The van der Waals surface area contributed by atoms with E-state index >= 15 is 0 Å². The van der Waals surface area contributed by atoms with E-state index in [2.05, 4.69) is 305 Å². The average Bonchev–Trinajstić information content (AvgIpc) is 1.66. The Morgan fingerprint density at radius 1 is 0.266 bits per heavy atom. The lowest BCUT2D eigenvalue weighted by Crippen LogP contribution is -2.61. The van der Waals surface area contributed by atoms with Crippen LogP contribution in [0.4, 0.5) is 51.2 Å². The summed E-state index contributed by atoms with van der Waals surface area (Å²) in [5.41, 5.74) is 26.2. The summed E-state index contributed by atoms with van der Waals surface area (Å²) in [6, 6.07) is 125. The predicted molar refractivity (Wildman–Crippen MR) is 580 cm³/mol. The molecule has 654 valence electrons. The van der Waals surface area contributed by atoms with Crippen LogP contribution in [0.2, 0.25) is 0 Å². The molecule has 0 amide bonds. The van der Waals surface area contributed by atoms with Gasteiger partial charge in [0.2, 0.25) is 0 Å². The normalized spacial score (nSPS) is 14.5. The van der Waals surface area contributed by atoms with Crippen molar-refractivity contribution in [1.82, 2.24) is 9.13 Å². The predicted octanol–water partition coefficient (Wildman–Crippen LogP) is 32.1. The molecule has 0 atom stereocenters. The van der Waals surface area contributed by atoms with Gasteiger partial charge in [-0.25, -0.2) is 0 Å². The van der Waals surface area contributed by atoms with Crippen LogP contribution in [-0.2, 0) is 16.2 Å². The van der Waals surface area contributed by atoms with E-state index in [-0.39, 0.29) is 55.0 Å². The first-order chi connectivity index (χ1) is 74.0. The number of hydrogen-bond acceptors (Lipinski definition) is 5. The summed E-state index contributed by atoms with van der Waals surface area (Å²) in [6.45, 7) is 12.4. The maximum Gasteiger partial charge on any atom is 0.252 e. The highest BCUT2D eigenvalue weighted by atomic mass is 15.2. The van der Waals surface area contributed by atoms with Gasteiger partial charge >= 0.3 is 0 Å². The Morgan fingerprint density at radius 3 is 1.11 bits per heavy atom. The Bertz CT molecular complexity index is 9390. The van der Waals surface area contributed by atoms with Crippen LogP contribution in [0.15, 0.2) is 449 Å². The Morgan fingerprint density at radius 2 is 0.647 bits per heavy atom. The van der Waals surface area contributed by atoms with Gasteiger partial charge in [0.25, 0.3) is 6.71 Å². The minimum atomic E-state index is -1.00. The summed E-state index contributed by atoms with van der Waals surface area (Å²) < 4.78 is 142. The van der Waals surface area contributed by atoms with E-state index < -0.39 is 119 Å². The third-order valence-electron chi connectivity index (χ3n) is 28.7. The highest BCUT2D eigenvalue weighted by Gasteiger charge is 2.53. The summed E-state index contributed by atoms with van der Waals surface area (Å²) in [6.07, 6.45) is 0. The van der Waals surface area contributed by atoms with E-state index in [1.807, 2.05) is 127 Å². The van der Waals surface area contributed by atoms with Gasteiger partial charge in [-0.05, 0) is 279 Å². The second-order valence-corrected chi connectivity index (χ2v) is 38.5. The highest BCUT2D eigenvalue weighted by molar-refractivity contribution is 7.00. The molecule has 0 fully saturated rings. The lowest BCUT2D eigenvalue weighted by Gasteiger charge is -2.46. The van der Waals surface area contributed by atoms with Crippen molar-refractivity contribution in [2.45, 2.75) is 57.8 Å². The van der Waals surface area contributed by atoms with E-state index in [1.54, 1.807) is 9.13 Å². The van der Waals surface area contributed by atoms with Gasteiger partial charge in [-0.2, -0.15) is 10.5 Å². The van der Waals surface area contributed by atoms with Crippen LogP contribution in [0.1, 0.15) is 105 Å². The molecule has 20 aromatic carbocycles. The molecule has 139 heavy (non-hydrogen) atoms. The molecule has 1 spiro atoms. The van der Waals surface area contributed by atoms with Gasteiger partial charge in [-0.15, -0.1) is 0 Å². The average molecular weight is 1790 g/mol. The molecule has 0 unspecified atom stereocenters. The van der Waals surface area contributed by atoms with E-state index in [0.717, 1.165) is 139 Å². The minimum Gasteiger partial charge on any atom is -0.310 e. The van der Waals surface area contributed by atoms with Gasteiger partial charge in [0.1, 0.15) is 0 Å². The van der Waals surface area contributed by atoms with Crippen molar-refractivity contribution < 1.29 is 19.2 Å².